The number of nitrogens with zero attached hydrogens (tertiary/aromatic N) is 2. The van der Waals surface area contributed by atoms with Crippen molar-refractivity contribution >= 4 is 28.2 Å². The second-order valence-corrected chi connectivity index (χ2v) is 6.48. The van der Waals surface area contributed by atoms with Crippen molar-refractivity contribution in [2.75, 3.05) is 6.54 Å². The third-order valence-electron chi connectivity index (χ3n) is 5.17. The Labute approximate surface area is 145 Å². The second kappa shape index (κ2) is 5.45. The lowest BCUT2D eigenvalue weighted by Gasteiger charge is -2.33. The highest BCUT2D eigenvalue weighted by Crippen LogP contribution is 2.39. The van der Waals surface area contributed by atoms with Gasteiger partial charge in [-0.05, 0) is 24.1 Å². The van der Waals surface area contributed by atoms with E-state index in [1.165, 1.54) is 10.9 Å². The summed E-state index contributed by atoms with van der Waals surface area (Å²) in [6.45, 7) is 0.715. The number of benzene rings is 2. The fourth-order valence-corrected chi connectivity index (χ4v) is 4.06. The molecule has 0 spiro atoms. The van der Waals surface area contributed by atoms with Crippen LogP contribution in [0.1, 0.15) is 22.9 Å². The maximum absolute atomic E-state index is 11.8. The van der Waals surface area contributed by atoms with Gasteiger partial charge in [0.25, 0.3) is 0 Å². The molecule has 4 nitrogen and oxygen atoms in total. The standard InChI is InChI=1S/C21H17N3O/c25-13-24-12-10-16-15-7-1-2-9-18(15)23-20(16)21(24)17-8-3-5-14-6-4-11-22-19(14)17/h1-9,11,13,21,23H,10,12H2/t21-/m0/s1. The number of carbonyl (C=O) groups excluding carboxylic acids is 1. The minimum atomic E-state index is -0.132. The van der Waals surface area contributed by atoms with Gasteiger partial charge in [0.1, 0.15) is 0 Å². The smallest absolute Gasteiger partial charge is 0.210 e. The van der Waals surface area contributed by atoms with Gasteiger partial charge in [-0.25, -0.2) is 0 Å². The zero-order chi connectivity index (χ0) is 16.8. The quantitative estimate of drug-likeness (QED) is 0.569. The molecule has 122 valence electrons. The van der Waals surface area contributed by atoms with E-state index in [9.17, 15) is 4.79 Å². The molecule has 4 heteroatoms. The predicted molar refractivity (Wildman–Crippen MR) is 98.4 cm³/mol. The molecule has 2 aromatic heterocycles. The number of aromatic nitrogens is 2. The first-order valence-electron chi connectivity index (χ1n) is 8.51. The molecule has 1 aliphatic rings. The SMILES string of the molecule is O=CN1CCc2c([nH]c3ccccc23)[C@@H]1c1cccc2cccnc12. The first-order valence-corrected chi connectivity index (χ1v) is 8.51. The van der Waals surface area contributed by atoms with Gasteiger partial charge < -0.3 is 9.88 Å². The van der Waals surface area contributed by atoms with E-state index in [1.54, 1.807) is 0 Å². The van der Waals surface area contributed by atoms with Gasteiger partial charge in [0, 0.05) is 40.3 Å². The summed E-state index contributed by atoms with van der Waals surface area (Å²) in [5.74, 6) is 0. The number of pyridine rings is 1. The monoisotopic (exact) mass is 327 g/mol. The molecule has 1 N–H and O–H groups in total. The van der Waals surface area contributed by atoms with Crippen molar-refractivity contribution in [2.24, 2.45) is 0 Å². The maximum Gasteiger partial charge on any atom is 0.210 e. The zero-order valence-corrected chi connectivity index (χ0v) is 13.6. The molecule has 1 amide bonds. The fraction of sp³-hybridized carbons (Fsp3) is 0.143. The number of hydrogen-bond donors (Lipinski definition) is 1. The first-order chi connectivity index (χ1) is 12.4. The van der Waals surface area contributed by atoms with Crippen LogP contribution in [-0.2, 0) is 11.2 Å². The van der Waals surface area contributed by atoms with Crippen LogP contribution < -0.4 is 0 Å². The zero-order valence-electron chi connectivity index (χ0n) is 13.6. The third kappa shape index (κ3) is 2.07. The van der Waals surface area contributed by atoms with E-state index in [4.69, 9.17) is 0 Å². The van der Waals surface area contributed by atoms with Crippen LogP contribution in [0.4, 0.5) is 0 Å². The summed E-state index contributed by atoms with van der Waals surface area (Å²) < 4.78 is 0. The molecule has 2 aromatic carbocycles. The van der Waals surface area contributed by atoms with Gasteiger partial charge in [-0.1, -0.05) is 42.5 Å². The van der Waals surface area contributed by atoms with E-state index < -0.39 is 0 Å². The third-order valence-corrected chi connectivity index (χ3v) is 5.17. The molecule has 5 rings (SSSR count). The Morgan fingerprint density at radius 1 is 1.08 bits per heavy atom. The molecule has 0 radical (unpaired) electrons. The molecule has 25 heavy (non-hydrogen) atoms. The lowest BCUT2D eigenvalue weighted by Crippen LogP contribution is -2.35. The Kier molecular flexibility index (Phi) is 3.10. The number of para-hydroxylation sites is 2. The highest BCUT2D eigenvalue weighted by Gasteiger charge is 2.32. The minimum absolute atomic E-state index is 0.132. The van der Waals surface area contributed by atoms with E-state index in [0.29, 0.717) is 6.54 Å². The van der Waals surface area contributed by atoms with E-state index in [1.807, 2.05) is 29.3 Å². The van der Waals surface area contributed by atoms with Gasteiger partial charge in [0.05, 0.1) is 11.6 Å². The number of H-pyrrole nitrogens is 1. The van der Waals surface area contributed by atoms with Gasteiger partial charge in [-0.2, -0.15) is 0 Å². The molecule has 0 saturated carbocycles. The topological polar surface area (TPSA) is 49.0 Å². The van der Waals surface area contributed by atoms with Crippen LogP contribution in [0.25, 0.3) is 21.8 Å². The van der Waals surface area contributed by atoms with Crippen molar-refractivity contribution in [3.63, 3.8) is 0 Å². The van der Waals surface area contributed by atoms with Crippen LogP contribution in [0.5, 0.6) is 0 Å². The number of hydrogen-bond acceptors (Lipinski definition) is 2. The van der Waals surface area contributed by atoms with E-state index in [0.717, 1.165) is 40.5 Å². The van der Waals surface area contributed by atoms with Crippen molar-refractivity contribution in [3.05, 3.63) is 77.6 Å². The average Bonchev–Trinajstić information content (AvgIpc) is 3.05. The molecule has 1 aliphatic heterocycles. The maximum atomic E-state index is 11.8. The lowest BCUT2D eigenvalue weighted by molar-refractivity contribution is -0.120. The molecule has 0 saturated heterocycles. The Hall–Kier alpha value is -3.14. The molecule has 0 unspecified atom stereocenters. The van der Waals surface area contributed by atoms with Gasteiger partial charge in [-0.15, -0.1) is 0 Å². The second-order valence-electron chi connectivity index (χ2n) is 6.48. The van der Waals surface area contributed by atoms with Crippen LogP contribution in [0, 0.1) is 0 Å². The van der Waals surface area contributed by atoms with Crippen molar-refractivity contribution in [1.29, 1.82) is 0 Å². The van der Waals surface area contributed by atoms with E-state index >= 15 is 0 Å². The highest BCUT2D eigenvalue weighted by molar-refractivity contribution is 5.87. The fourth-order valence-electron chi connectivity index (χ4n) is 4.06. The molecule has 1 atom stereocenters. The number of rotatable bonds is 2. The number of carbonyl (C=O) groups is 1. The number of nitrogens with one attached hydrogen (secondary N) is 1. The van der Waals surface area contributed by atoms with Crippen molar-refractivity contribution in [2.45, 2.75) is 12.5 Å². The largest absolute Gasteiger partial charge is 0.356 e. The minimum Gasteiger partial charge on any atom is -0.356 e. The molecule has 0 aliphatic carbocycles. The Bertz CT molecular complexity index is 1090. The van der Waals surface area contributed by atoms with Crippen LogP contribution in [-0.4, -0.2) is 27.8 Å². The van der Waals surface area contributed by atoms with Crippen LogP contribution >= 0.6 is 0 Å². The summed E-state index contributed by atoms with van der Waals surface area (Å²) in [6.07, 6.45) is 3.64. The van der Waals surface area contributed by atoms with Crippen molar-refractivity contribution in [3.8, 4) is 0 Å². The van der Waals surface area contributed by atoms with Crippen molar-refractivity contribution in [1.82, 2.24) is 14.9 Å². The summed E-state index contributed by atoms with van der Waals surface area (Å²) in [5.41, 5.74) is 5.56. The van der Waals surface area contributed by atoms with Gasteiger partial charge in [0.15, 0.2) is 0 Å². The average molecular weight is 327 g/mol. The van der Waals surface area contributed by atoms with E-state index in [-0.39, 0.29) is 6.04 Å². The van der Waals surface area contributed by atoms with Crippen LogP contribution in [0.2, 0.25) is 0 Å². The Morgan fingerprint density at radius 2 is 1.96 bits per heavy atom. The molecule has 0 bridgehead atoms. The lowest BCUT2D eigenvalue weighted by atomic mass is 9.91. The molecular formula is C21H17N3O. The Balaban J connectivity index is 1.80. The molecule has 3 heterocycles. The molecule has 0 fully saturated rings. The summed E-state index contributed by atoms with van der Waals surface area (Å²) in [7, 11) is 0. The van der Waals surface area contributed by atoms with Crippen molar-refractivity contribution < 1.29 is 4.79 Å². The van der Waals surface area contributed by atoms with Gasteiger partial charge in [0.2, 0.25) is 6.41 Å². The molecule has 4 aromatic rings. The summed E-state index contributed by atoms with van der Waals surface area (Å²) in [4.78, 5) is 21.8. The number of aromatic amines is 1. The Morgan fingerprint density at radius 3 is 2.88 bits per heavy atom. The summed E-state index contributed by atoms with van der Waals surface area (Å²) in [6, 6.07) is 18.4. The summed E-state index contributed by atoms with van der Waals surface area (Å²) >= 11 is 0. The predicted octanol–water partition coefficient (Wildman–Crippen LogP) is 3.82. The van der Waals surface area contributed by atoms with Gasteiger partial charge in [-0.3, -0.25) is 9.78 Å². The van der Waals surface area contributed by atoms with E-state index in [2.05, 4.69) is 46.4 Å². The summed E-state index contributed by atoms with van der Waals surface area (Å²) in [5, 5.41) is 2.34. The number of fused-ring (bicyclic) bond motifs is 4. The van der Waals surface area contributed by atoms with Crippen LogP contribution in [0.3, 0.4) is 0 Å². The van der Waals surface area contributed by atoms with Gasteiger partial charge >= 0.3 is 0 Å². The number of amides is 1. The molecular weight excluding hydrogens is 310 g/mol. The first kappa shape index (κ1) is 14.2. The highest BCUT2D eigenvalue weighted by atomic mass is 16.1. The van der Waals surface area contributed by atoms with Crippen LogP contribution in [0.15, 0.2) is 60.8 Å². The normalized spacial score (nSPS) is 17.0.